The molecule has 2 saturated heterocycles. The van der Waals surface area contributed by atoms with E-state index in [9.17, 15) is 9.90 Å². The van der Waals surface area contributed by atoms with Gasteiger partial charge in [-0.15, -0.1) is 0 Å². The number of carbonyl (C=O) groups is 1. The number of rotatable bonds is 6. The smallest absolute Gasteiger partial charge is 0.222 e. The van der Waals surface area contributed by atoms with Crippen LogP contribution in [0.3, 0.4) is 0 Å². The molecule has 0 aliphatic carbocycles. The molecule has 3 rings (SSSR count). The molecule has 0 bridgehead atoms. The summed E-state index contributed by atoms with van der Waals surface area (Å²) in [6.45, 7) is 5.16. The Hall–Kier alpha value is -0.910. The molecule has 0 unspecified atom stereocenters. The third-order valence-corrected chi connectivity index (χ3v) is 6.04. The van der Waals surface area contributed by atoms with Gasteiger partial charge >= 0.3 is 0 Å². The molecule has 2 atom stereocenters. The fraction of sp³-hybridized carbons (Fsp3) is 0.722. The van der Waals surface area contributed by atoms with Gasteiger partial charge in [0.05, 0.1) is 0 Å². The predicted molar refractivity (Wildman–Crippen MR) is 93.6 cm³/mol. The first-order chi connectivity index (χ1) is 11.3. The summed E-state index contributed by atoms with van der Waals surface area (Å²) >= 11 is 1.68. The molecule has 2 aliphatic heterocycles. The average molecular weight is 337 g/mol. The number of hydrogen-bond acceptors (Lipinski definition) is 4. The fourth-order valence-corrected chi connectivity index (χ4v) is 4.58. The number of aliphatic hydroxyl groups excluding tert-OH is 1. The van der Waals surface area contributed by atoms with Crippen molar-refractivity contribution in [1.29, 1.82) is 0 Å². The summed E-state index contributed by atoms with van der Waals surface area (Å²) < 4.78 is 0. The lowest BCUT2D eigenvalue weighted by Crippen LogP contribution is -2.37. The van der Waals surface area contributed by atoms with Crippen LogP contribution in [0.15, 0.2) is 16.8 Å². The third-order valence-electron chi connectivity index (χ3n) is 5.31. The lowest BCUT2D eigenvalue weighted by molar-refractivity contribution is -0.130. The van der Waals surface area contributed by atoms with E-state index in [1.165, 1.54) is 37.9 Å². The highest BCUT2D eigenvalue weighted by atomic mass is 32.1. The maximum Gasteiger partial charge on any atom is 0.222 e. The fourth-order valence-electron chi connectivity index (χ4n) is 3.87. The van der Waals surface area contributed by atoms with E-state index in [1.807, 2.05) is 4.90 Å². The highest BCUT2D eigenvalue weighted by Crippen LogP contribution is 2.26. The molecule has 0 spiro atoms. The highest BCUT2D eigenvalue weighted by molar-refractivity contribution is 7.07. The highest BCUT2D eigenvalue weighted by Gasteiger charge is 2.35. The SMILES string of the molecule is O=C(CCc1ccsc1)N1C[C@@H](CN2CCCCC2)[C@@H](CO)C1. The zero-order valence-electron chi connectivity index (χ0n) is 13.8. The number of hydrogen-bond donors (Lipinski definition) is 1. The Labute approximate surface area is 143 Å². The monoisotopic (exact) mass is 336 g/mol. The standard InChI is InChI=1S/C18H28N2O2S/c21-13-17-12-20(18(22)5-4-15-6-9-23-14-15)11-16(17)10-19-7-2-1-3-8-19/h6,9,14,16-17,21H,1-5,7-8,10-13H2/t16-,17-/m1/s1. The minimum atomic E-state index is 0.201. The van der Waals surface area contributed by atoms with Crippen molar-refractivity contribution in [3.63, 3.8) is 0 Å². The van der Waals surface area contributed by atoms with E-state index < -0.39 is 0 Å². The van der Waals surface area contributed by atoms with E-state index >= 15 is 0 Å². The number of amides is 1. The number of piperidine rings is 1. The molecule has 0 saturated carbocycles. The zero-order valence-corrected chi connectivity index (χ0v) is 14.6. The van der Waals surface area contributed by atoms with Crippen LogP contribution >= 0.6 is 11.3 Å². The number of carbonyl (C=O) groups excluding carboxylic acids is 1. The first kappa shape index (κ1) is 16.9. The normalized spacial score (nSPS) is 25.9. The Morgan fingerprint density at radius 3 is 2.70 bits per heavy atom. The van der Waals surface area contributed by atoms with Crippen molar-refractivity contribution in [2.45, 2.75) is 32.1 Å². The van der Waals surface area contributed by atoms with Gasteiger partial charge in [-0.3, -0.25) is 4.79 Å². The maximum absolute atomic E-state index is 12.5. The first-order valence-electron chi connectivity index (χ1n) is 8.88. The first-order valence-corrected chi connectivity index (χ1v) is 9.82. The van der Waals surface area contributed by atoms with Crippen molar-refractivity contribution in [3.8, 4) is 0 Å². The second kappa shape index (κ2) is 8.27. The Kier molecular flexibility index (Phi) is 6.08. The number of nitrogens with zero attached hydrogens (tertiary/aromatic N) is 2. The molecule has 2 aliphatic rings. The maximum atomic E-state index is 12.5. The molecule has 0 radical (unpaired) electrons. The summed E-state index contributed by atoms with van der Waals surface area (Å²) in [6, 6.07) is 2.09. The van der Waals surface area contributed by atoms with E-state index in [0.29, 0.717) is 12.3 Å². The van der Waals surface area contributed by atoms with Gasteiger partial charge in [0.25, 0.3) is 0 Å². The van der Waals surface area contributed by atoms with Crippen molar-refractivity contribution >= 4 is 17.2 Å². The zero-order chi connectivity index (χ0) is 16.1. The topological polar surface area (TPSA) is 43.8 Å². The molecule has 4 nitrogen and oxygen atoms in total. The van der Waals surface area contributed by atoms with Crippen molar-refractivity contribution < 1.29 is 9.90 Å². The molecule has 1 aromatic rings. The van der Waals surface area contributed by atoms with Crippen molar-refractivity contribution in [2.24, 2.45) is 11.8 Å². The van der Waals surface area contributed by atoms with Crippen LogP contribution in [0.4, 0.5) is 0 Å². The predicted octanol–water partition coefficient (Wildman–Crippen LogP) is 2.23. The van der Waals surface area contributed by atoms with Gasteiger partial charge in [0.2, 0.25) is 5.91 Å². The molecular weight excluding hydrogens is 308 g/mol. The molecule has 1 N–H and O–H groups in total. The minimum absolute atomic E-state index is 0.201. The van der Waals surface area contributed by atoms with Crippen molar-refractivity contribution in [1.82, 2.24) is 9.80 Å². The van der Waals surface area contributed by atoms with E-state index in [1.54, 1.807) is 11.3 Å². The molecule has 1 aromatic heterocycles. The molecule has 23 heavy (non-hydrogen) atoms. The van der Waals surface area contributed by atoms with Crippen LogP contribution in [0.1, 0.15) is 31.2 Å². The summed E-state index contributed by atoms with van der Waals surface area (Å²) in [6.07, 6.45) is 5.35. The number of aliphatic hydroxyl groups is 1. The van der Waals surface area contributed by atoms with Crippen molar-refractivity contribution in [2.75, 3.05) is 39.3 Å². The Balaban J connectivity index is 1.49. The number of likely N-dealkylation sites (tertiary alicyclic amines) is 2. The second-order valence-corrected chi connectivity index (χ2v) is 7.77. The summed E-state index contributed by atoms with van der Waals surface area (Å²) in [5.74, 6) is 0.931. The van der Waals surface area contributed by atoms with Crippen LogP contribution in [-0.4, -0.2) is 60.1 Å². The van der Waals surface area contributed by atoms with Crippen molar-refractivity contribution in [3.05, 3.63) is 22.4 Å². The third kappa shape index (κ3) is 4.55. The van der Waals surface area contributed by atoms with Gasteiger partial charge in [-0.2, -0.15) is 11.3 Å². The van der Waals surface area contributed by atoms with E-state index in [-0.39, 0.29) is 18.4 Å². The Morgan fingerprint density at radius 2 is 2.00 bits per heavy atom. The molecule has 3 heterocycles. The molecule has 0 aromatic carbocycles. The van der Waals surface area contributed by atoms with Gasteiger partial charge in [0.1, 0.15) is 0 Å². The minimum Gasteiger partial charge on any atom is -0.396 e. The van der Waals surface area contributed by atoms with Crippen LogP contribution in [-0.2, 0) is 11.2 Å². The molecule has 2 fully saturated rings. The molecule has 5 heteroatoms. The Bertz CT molecular complexity index is 485. The van der Waals surface area contributed by atoms with Crippen LogP contribution in [0.5, 0.6) is 0 Å². The van der Waals surface area contributed by atoms with Gasteiger partial charge in [-0.1, -0.05) is 6.42 Å². The van der Waals surface area contributed by atoms with Gasteiger partial charge in [-0.25, -0.2) is 0 Å². The lowest BCUT2D eigenvalue weighted by Gasteiger charge is -2.30. The van der Waals surface area contributed by atoms with Gasteiger partial charge < -0.3 is 14.9 Å². The number of aryl methyl sites for hydroxylation is 1. The number of thiophene rings is 1. The van der Waals surface area contributed by atoms with E-state index in [2.05, 4.69) is 21.7 Å². The van der Waals surface area contributed by atoms with Gasteiger partial charge in [-0.05, 0) is 60.7 Å². The molecule has 128 valence electrons. The Morgan fingerprint density at radius 1 is 1.22 bits per heavy atom. The van der Waals surface area contributed by atoms with Gasteiger partial charge in [0, 0.05) is 38.6 Å². The van der Waals surface area contributed by atoms with Crippen LogP contribution < -0.4 is 0 Å². The lowest BCUT2D eigenvalue weighted by atomic mass is 9.95. The van der Waals surface area contributed by atoms with E-state index in [0.717, 1.165) is 26.1 Å². The van der Waals surface area contributed by atoms with Crippen LogP contribution in [0.2, 0.25) is 0 Å². The summed E-state index contributed by atoms with van der Waals surface area (Å²) in [4.78, 5) is 17.0. The molecule has 1 amide bonds. The average Bonchev–Trinajstić information content (AvgIpc) is 3.23. The molecular formula is C18H28N2O2S. The summed E-state index contributed by atoms with van der Waals surface area (Å²) in [5, 5.41) is 13.9. The summed E-state index contributed by atoms with van der Waals surface area (Å²) in [5.41, 5.74) is 1.26. The van der Waals surface area contributed by atoms with Crippen LogP contribution in [0.25, 0.3) is 0 Å². The summed E-state index contributed by atoms with van der Waals surface area (Å²) in [7, 11) is 0. The quantitative estimate of drug-likeness (QED) is 0.866. The van der Waals surface area contributed by atoms with Gasteiger partial charge in [0.15, 0.2) is 0 Å². The van der Waals surface area contributed by atoms with Crippen LogP contribution in [0, 0.1) is 11.8 Å². The van der Waals surface area contributed by atoms with E-state index in [4.69, 9.17) is 0 Å². The second-order valence-electron chi connectivity index (χ2n) is 6.99. The largest absolute Gasteiger partial charge is 0.396 e.